The zero-order valence-corrected chi connectivity index (χ0v) is 19.1. The molecule has 8 heteroatoms. The molecule has 1 aliphatic carbocycles. The minimum Gasteiger partial charge on any atom is -0.378 e. The smallest absolute Gasteiger partial charge is 0.224 e. The Balaban J connectivity index is 1.27. The van der Waals surface area contributed by atoms with Crippen LogP contribution >= 0.6 is 0 Å². The maximum Gasteiger partial charge on any atom is 0.224 e. The molecule has 2 aliphatic rings. The number of aryl methyl sites for hydroxylation is 3. The lowest BCUT2D eigenvalue weighted by atomic mass is 9.93. The van der Waals surface area contributed by atoms with Crippen molar-refractivity contribution in [3.8, 4) is 0 Å². The Morgan fingerprint density at radius 1 is 1.22 bits per heavy atom. The maximum absolute atomic E-state index is 12.7. The van der Waals surface area contributed by atoms with Gasteiger partial charge >= 0.3 is 0 Å². The number of rotatable bonds is 6. The fourth-order valence-corrected chi connectivity index (χ4v) is 5.16. The number of nitrogens with zero attached hydrogens (tertiary/aromatic N) is 6. The lowest BCUT2D eigenvalue weighted by molar-refractivity contribution is -0.132. The van der Waals surface area contributed by atoms with Crippen molar-refractivity contribution < 1.29 is 9.53 Å². The first kappa shape index (κ1) is 21.1. The van der Waals surface area contributed by atoms with Crippen molar-refractivity contribution in [2.24, 2.45) is 0 Å². The first-order chi connectivity index (χ1) is 15.6. The standard InChI is InChI=1S/C24H32N6O2/c1-17-7-11-25-29(17)14-10-24(31)28-12-8-18(9-13-28)21-15-23-26-20-6-4-3-5-19(20)22(16-32-2)30(23)27-21/h7,11,15,18H,3-6,8-10,12-14,16H2,1-2H3. The minimum absolute atomic E-state index is 0.213. The number of ether oxygens (including phenoxy) is 1. The van der Waals surface area contributed by atoms with Crippen LogP contribution in [0.25, 0.3) is 5.65 Å². The van der Waals surface area contributed by atoms with E-state index in [1.807, 2.05) is 27.1 Å². The van der Waals surface area contributed by atoms with Gasteiger partial charge in [0, 0.05) is 62.7 Å². The molecule has 0 unspecified atom stereocenters. The summed E-state index contributed by atoms with van der Waals surface area (Å²) in [6, 6.07) is 4.12. The fourth-order valence-electron chi connectivity index (χ4n) is 5.16. The van der Waals surface area contributed by atoms with Crippen LogP contribution in [-0.2, 0) is 35.5 Å². The molecule has 170 valence electrons. The van der Waals surface area contributed by atoms with Gasteiger partial charge in [-0.2, -0.15) is 10.2 Å². The molecule has 3 aromatic heterocycles. The summed E-state index contributed by atoms with van der Waals surface area (Å²) in [5.74, 6) is 0.576. The summed E-state index contributed by atoms with van der Waals surface area (Å²) >= 11 is 0. The summed E-state index contributed by atoms with van der Waals surface area (Å²) in [6.07, 6.45) is 8.67. The molecule has 1 saturated heterocycles. The number of hydrogen-bond donors (Lipinski definition) is 0. The second-order valence-electron chi connectivity index (χ2n) is 9.06. The van der Waals surface area contributed by atoms with Gasteiger partial charge in [-0.05, 0) is 57.1 Å². The highest BCUT2D eigenvalue weighted by molar-refractivity contribution is 5.76. The van der Waals surface area contributed by atoms with Crippen LogP contribution in [0.15, 0.2) is 18.3 Å². The van der Waals surface area contributed by atoms with Crippen LogP contribution in [0.2, 0.25) is 0 Å². The Morgan fingerprint density at radius 2 is 2.03 bits per heavy atom. The van der Waals surface area contributed by atoms with Gasteiger partial charge in [0.05, 0.1) is 18.0 Å². The summed E-state index contributed by atoms with van der Waals surface area (Å²) < 4.78 is 9.42. The molecule has 0 N–H and O–H groups in total. The predicted molar refractivity (Wildman–Crippen MR) is 120 cm³/mol. The second kappa shape index (κ2) is 9.02. The van der Waals surface area contributed by atoms with E-state index in [1.165, 1.54) is 24.1 Å². The fraction of sp³-hybridized carbons (Fsp3) is 0.583. The van der Waals surface area contributed by atoms with E-state index in [9.17, 15) is 4.79 Å². The Hall–Kier alpha value is -2.74. The van der Waals surface area contributed by atoms with E-state index in [2.05, 4.69) is 11.2 Å². The first-order valence-electron chi connectivity index (χ1n) is 11.8. The van der Waals surface area contributed by atoms with Crippen molar-refractivity contribution in [3.05, 3.63) is 46.7 Å². The number of carbonyl (C=O) groups is 1. The summed E-state index contributed by atoms with van der Waals surface area (Å²) in [7, 11) is 1.74. The average molecular weight is 437 g/mol. The van der Waals surface area contributed by atoms with E-state index in [0.29, 0.717) is 25.5 Å². The van der Waals surface area contributed by atoms with Crippen LogP contribution in [0.3, 0.4) is 0 Å². The number of likely N-dealkylation sites (tertiary alicyclic amines) is 1. The molecule has 0 saturated carbocycles. The van der Waals surface area contributed by atoms with Gasteiger partial charge in [0.2, 0.25) is 5.91 Å². The van der Waals surface area contributed by atoms with Crippen LogP contribution < -0.4 is 0 Å². The molecule has 0 aromatic carbocycles. The number of amides is 1. The van der Waals surface area contributed by atoms with E-state index in [4.69, 9.17) is 14.8 Å². The van der Waals surface area contributed by atoms with Gasteiger partial charge < -0.3 is 9.64 Å². The van der Waals surface area contributed by atoms with Gasteiger partial charge in [-0.25, -0.2) is 9.50 Å². The van der Waals surface area contributed by atoms with Crippen molar-refractivity contribution in [1.29, 1.82) is 0 Å². The highest BCUT2D eigenvalue weighted by Crippen LogP contribution is 2.30. The lowest BCUT2D eigenvalue weighted by Gasteiger charge is -2.31. The van der Waals surface area contributed by atoms with Crippen LogP contribution in [0.4, 0.5) is 0 Å². The number of fused-ring (bicyclic) bond motifs is 2. The van der Waals surface area contributed by atoms with E-state index < -0.39 is 0 Å². The van der Waals surface area contributed by atoms with Gasteiger partial charge in [0.15, 0.2) is 5.65 Å². The third-order valence-electron chi connectivity index (χ3n) is 7.02. The van der Waals surface area contributed by atoms with Gasteiger partial charge in [0.25, 0.3) is 0 Å². The molecule has 1 amide bonds. The van der Waals surface area contributed by atoms with Crippen LogP contribution in [0.5, 0.6) is 0 Å². The molecule has 1 aliphatic heterocycles. The summed E-state index contributed by atoms with van der Waals surface area (Å²) in [6.45, 7) is 4.78. The lowest BCUT2D eigenvalue weighted by Crippen LogP contribution is -2.38. The Bertz CT molecular complexity index is 1110. The Kier molecular flexibility index (Phi) is 5.95. The molecule has 5 rings (SSSR count). The highest BCUT2D eigenvalue weighted by Gasteiger charge is 2.27. The second-order valence-corrected chi connectivity index (χ2v) is 9.06. The molecule has 8 nitrogen and oxygen atoms in total. The zero-order chi connectivity index (χ0) is 22.1. The van der Waals surface area contributed by atoms with E-state index in [-0.39, 0.29) is 5.91 Å². The number of piperidine rings is 1. The molecular formula is C24H32N6O2. The molecule has 0 spiro atoms. The molecular weight excluding hydrogens is 404 g/mol. The normalized spacial score (nSPS) is 17.1. The van der Waals surface area contributed by atoms with Gasteiger partial charge in [0.1, 0.15) is 0 Å². The molecule has 4 heterocycles. The Morgan fingerprint density at radius 3 is 2.78 bits per heavy atom. The van der Waals surface area contributed by atoms with Crippen molar-refractivity contribution in [2.45, 2.75) is 70.9 Å². The number of aromatic nitrogens is 5. The van der Waals surface area contributed by atoms with Gasteiger partial charge in [-0.1, -0.05) is 0 Å². The first-order valence-corrected chi connectivity index (χ1v) is 11.8. The van der Waals surface area contributed by atoms with Crippen molar-refractivity contribution >= 4 is 11.6 Å². The molecule has 1 fully saturated rings. The third kappa shape index (κ3) is 4.03. The Labute approximate surface area is 188 Å². The van der Waals surface area contributed by atoms with Crippen molar-refractivity contribution in [2.75, 3.05) is 20.2 Å². The maximum atomic E-state index is 12.7. The highest BCUT2D eigenvalue weighted by atomic mass is 16.5. The largest absolute Gasteiger partial charge is 0.378 e. The van der Waals surface area contributed by atoms with Gasteiger partial charge in [-0.3, -0.25) is 9.48 Å². The zero-order valence-electron chi connectivity index (χ0n) is 19.1. The summed E-state index contributed by atoms with van der Waals surface area (Å²) in [4.78, 5) is 19.6. The molecule has 3 aromatic rings. The molecule has 0 radical (unpaired) electrons. The topological polar surface area (TPSA) is 77.5 Å². The monoisotopic (exact) mass is 436 g/mol. The third-order valence-corrected chi connectivity index (χ3v) is 7.02. The quantitative estimate of drug-likeness (QED) is 0.594. The minimum atomic E-state index is 0.213. The summed E-state index contributed by atoms with van der Waals surface area (Å²) in [5, 5.41) is 9.25. The SMILES string of the molecule is COCc1c2c(nc3cc(C4CCN(C(=O)CCn5nccc5C)CC4)nn13)CCCC2. The van der Waals surface area contributed by atoms with E-state index >= 15 is 0 Å². The van der Waals surface area contributed by atoms with Crippen molar-refractivity contribution in [3.63, 3.8) is 0 Å². The number of methoxy groups -OCH3 is 1. The van der Waals surface area contributed by atoms with Crippen molar-refractivity contribution in [1.82, 2.24) is 29.3 Å². The number of carbonyl (C=O) groups excluding carboxylic acids is 1. The predicted octanol–water partition coefficient (Wildman–Crippen LogP) is 3.06. The van der Waals surface area contributed by atoms with Crippen LogP contribution in [-0.4, -0.2) is 55.4 Å². The molecule has 0 bridgehead atoms. The van der Waals surface area contributed by atoms with E-state index in [0.717, 1.165) is 61.5 Å². The van der Waals surface area contributed by atoms with Gasteiger partial charge in [-0.15, -0.1) is 0 Å². The van der Waals surface area contributed by atoms with Crippen LogP contribution in [0, 0.1) is 6.92 Å². The summed E-state index contributed by atoms with van der Waals surface area (Å²) in [5.41, 5.74) is 6.81. The molecule has 0 atom stereocenters. The number of hydrogen-bond acceptors (Lipinski definition) is 5. The molecule has 32 heavy (non-hydrogen) atoms. The average Bonchev–Trinajstić information content (AvgIpc) is 3.43. The van der Waals surface area contributed by atoms with E-state index in [1.54, 1.807) is 13.3 Å². The van der Waals surface area contributed by atoms with Crippen LogP contribution in [0.1, 0.15) is 66.4 Å².